The Morgan fingerprint density at radius 1 is 1.10 bits per heavy atom. The molecule has 0 aliphatic rings. The minimum Gasteiger partial charge on any atom is -0.480 e. The average Bonchev–Trinajstić information content (AvgIpc) is 2.23. The molecule has 1 atom stereocenters. The molecule has 0 aromatic heterocycles. The summed E-state index contributed by atoms with van der Waals surface area (Å²) in [4.78, 5) is 22.6. The van der Waals surface area contributed by atoms with Crippen molar-refractivity contribution in [2.45, 2.75) is 46.6 Å². The Bertz CT molecular complexity index is 428. The van der Waals surface area contributed by atoms with Gasteiger partial charge in [0.2, 0.25) is 5.91 Å². The van der Waals surface area contributed by atoms with Gasteiger partial charge in [-0.3, -0.25) is 4.79 Å². The van der Waals surface area contributed by atoms with Crippen LogP contribution < -0.4 is 5.32 Å². The van der Waals surface area contributed by atoms with Crippen LogP contribution in [0.25, 0.3) is 0 Å². The maximum Gasteiger partial charge on any atom is 0.326 e. The lowest BCUT2D eigenvalue weighted by Gasteiger charge is -2.16. The van der Waals surface area contributed by atoms with Gasteiger partial charge in [-0.1, -0.05) is 27.7 Å². The van der Waals surface area contributed by atoms with Gasteiger partial charge >= 0.3 is 5.97 Å². The van der Waals surface area contributed by atoms with E-state index in [2.05, 4.69) is 5.32 Å². The molecule has 0 aliphatic heterocycles. The molecule has 1 unspecified atom stereocenters. The average molecular weight is 307 g/mol. The molecule has 118 valence electrons. The predicted molar refractivity (Wildman–Crippen MR) is 77.1 cm³/mol. The largest absolute Gasteiger partial charge is 0.480 e. The van der Waals surface area contributed by atoms with E-state index in [1.54, 1.807) is 13.8 Å². The molecule has 0 heterocycles. The molecule has 20 heavy (non-hydrogen) atoms. The van der Waals surface area contributed by atoms with Crippen LogP contribution >= 0.6 is 0 Å². The van der Waals surface area contributed by atoms with E-state index in [1.807, 2.05) is 13.8 Å². The molecule has 0 aromatic carbocycles. The summed E-state index contributed by atoms with van der Waals surface area (Å²) in [5, 5.41) is 11.4. The molecule has 2 N–H and O–H groups in total. The number of amides is 1. The predicted octanol–water partition coefficient (Wildman–Crippen LogP) is 1.06. The molecule has 0 spiro atoms. The zero-order valence-corrected chi connectivity index (χ0v) is 13.4. The highest BCUT2D eigenvalue weighted by molar-refractivity contribution is 7.91. The highest BCUT2D eigenvalue weighted by atomic mass is 32.2. The van der Waals surface area contributed by atoms with Crippen LogP contribution in [0, 0.1) is 11.8 Å². The fourth-order valence-electron chi connectivity index (χ4n) is 1.80. The summed E-state index contributed by atoms with van der Waals surface area (Å²) in [5.74, 6) is -1.71. The van der Waals surface area contributed by atoms with Gasteiger partial charge < -0.3 is 10.4 Å². The van der Waals surface area contributed by atoms with Crippen LogP contribution in [0.15, 0.2) is 0 Å². The summed E-state index contributed by atoms with van der Waals surface area (Å²) in [6, 6.07) is -0.963. The number of hydrogen-bond donors (Lipinski definition) is 2. The third-order valence-corrected chi connectivity index (χ3v) is 4.57. The van der Waals surface area contributed by atoms with Gasteiger partial charge in [-0.05, 0) is 18.3 Å². The maximum absolute atomic E-state index is 11.6. The van der Waals surface area contributed by atoms with Crippen molar-refractivity contribution in [3.63, 3.8) is 0 Å². The summed E-state index contributed by atoms with van der Waals surface area (Å²) in [7, 11) is -3.26. The summed E-state index contributed by atoms with van der Waals surface area (Å²) in [6.07, 6.45) is 0.122. The zero-order valence-electron chi connectivity index (χ0n) is 12.5. The van der Waals surface area contributed by atoms with Crippen molar-refractivity contribution in [1.82, 2.24) is 5.32 Å². The van der Waals surface area contributed by atoms with E-state index >= 15 is 0 Å². The fourth-order valence-corrected chi connectivity index (χ4v) is 3.48. The van der Waals surface area contributed by atoms with Crippen molar-refractivity contribution in [3.8, 4) is 0 Å². The quantitative estimate of drug-likeness (QED) is 0.663. The van der Waals surface area contributed by atoms with E-state index in [1.165, 1.54) is 0 Å². The summed E-state index contributed by atoms with van der Waals surface area (Å²) >= 11 is 0. The van der Waals surface area contributed by atoms with Crippen molar-refractivity contribution in [2.75, 3.05) is 11.5 Å². The molecule has 0 aromatic rings. The van der Waals surface area contributed by atoms with Gasteiger partial charge in [-0.25, -0.2) is 13.2 Å². The van der Waals surface area contributed by atoms with Crippen LogP contribution in [-0.2, 0) is 19.4 Å². The molecule has 0 rings (SSSR count). The van der Waals surface area contributed by atoms with Crippen LogP contribution in [0.5, 0.6) is 0 Å². The smallest absolute Gasteiger partial charge is 0.326 e. The molecule has 0 saturated carbocycles. The summed E-state index contributed by atoms with van der Waals surface area (Å²) in [5.41, 5.74) is 0. The van der Waals surface area contributed by atoms with Crippen LogP contribution in [0.4, 0.5) is 0 Å². The third-order valence-electron chi connectivity index (χ3n) is 2.57. The van der Waals surface area contributed by atoms with E-state index < -0.39 is 27.8 Å². The van der Waals surface area contributed by atoms with Gasteiger partial charge in [0, 0.05) is 6.42 Å². The van der Waals surface area contributed by atoms with Gasteiger partial charge in [0.25, 0.3) is 0 Å². The Labute approximate surface area is 120 Å². The van der Waals surface area contributed by atoms with Crippen LogP contribution in [0.3, 0.4) is 0 Å². The van der Waals surface area contributed by atoms with Gasteiger partial charge in [0.15, 0.2) is 9.84 Å². The second kappa shape index (κ2) is 8.24. The first-order valence-corrected chi connectivity index (χ1v) is 8.58. The van der Waals surface area contributed by atoms with E-state index in [-0.39, 0.29) is 29.8 Å². The Morgan fingerprint density at radius 3 is 2.05 bits per heavy atom. The number of aliphatic carboxylic acids is 1. The Morgan fingerprint density at radius 2 is 1.65 bits per heavy atom. The van der Waals surface area contributed by atoms with Gasteiger partial charge in [0.05, 0.1) is 11.5 Å². The van der Waals surface area contributed by atoms with Crippen LogP contribution in [-0.4, -0.2) is 42.9 Å². The molecule has 0 radical (unpaired) electrons. The van der Waals surface area contributed by atoms with Crippen molar-refractivity contribution in [2.24, 2.45) is 11.8 Å². The van der Waals surface area contributed by atoms with E-state index in [0.29, 0.717) is 6.42 Å². The summed E-state index contributed by atoms with van der Waals surface area (Å²) in [6.45, 7) is 7.30. The van der Waals surface area contributed by atoms with Crippen molar-refractivity contribution in [1.29, 1.82) is 0 Å². The number of rotatable bonds is 9. The second-order valence-electron chi connectivity index (χ2n) is 5.85. The highest BCUT2D eigenvalue weighted by Crippen LogP contribution is 2.06. The normalized spacial score (nSPS) is 13.5. The Hall–Kier alpha value is -1.11. The number of carbonyl (C=O) groups excluding carboxylic acids is 1. The molecule has 0 aliphatic carbocycles. The van der Waals surface area contributed by atoms with E-state index in [9.17, 15) is 18.0 Å². The molecular weight excluding hydrogens is 282 g/mol. The molecule has 0 saturated heterocycles. The summed E-state index contributed by atoms with van der Waals surface area (Å²) < 4.78 is 23.3. The van der Waals surface area contributed by atoms with Gasteiger partial charge in [-0.2, -0.15) is 0 Å². The van der Waals surface area contributed by atoms with Crippen molar-refractivity contribution in [3.05, 3.63) is 0 Å². The number of hydrogen-bond acceptors (Lipinski definition) is 4. The van der Waals surface area contributed by atoms with Crippen molar-refractivity contribution < 1.29 is 23.1 Å². The maximum atomic E-state index is 11.6. The number of carboxylic acids is 1. The molecule has 6 nitrogen and oxygen atoms in total. The minimum absolute atomic E-state index is 0.00997. The molecule has 1 amide bonds. The van der Waals surface area contributed by atoms with Gasteiger partial charge in [-0.15, -0.1) is 0 Å². The first kappa shape index (κ1) is 18.9. The minimum atomic E-state index is -3.26. The topological polar surface area (TPSA) is 101 Å². The lowest BCUT2D eigenvalue weighted by molar-refractivity contribution is -0.142. The molecule has 7 heteroatoms. The van der Waals surface area contributed by atoms with Gasteiger partial charge in [0.1, 0.15) is 6.04 Å². The second-order valence-corrected chi connectivity index (χ2v) is 8.07. The SMILES string of the molecule is CC(C)CC(NC(=O)CCS(=O)(=O)CC(C)C)C(=O)O. The van der Waals surface area contributed by atoms with E-state index in [0.717, 1.165) is 0 Å². The lowest BCUT2D eigenvalue weighted by Crippen LogP contribution is -2.42. The molecule has 0 bridgehead atoms. The third kappa shape index (κ3) is 8.90. The van der Waals surface area contributed by atoms with Crippen molar-refractivity contribution >= 4 is 21.7 Å². The molecule has 0 fully saturated rings. The Kier molecular flexibility index (Phi) is 7.78. The lowest BCUT2D eigenvalue weighted by atomic mass is 10.0. The van der Waals surface area contributed by atoms with E-state index in [4.69, 9.17) is 5.11 Å². The first-order chi connectivity index (χ1) is 9.03. The van der Waals surface area contributed by atoms with Crippen LogP contribution in [0.1, 0.15) is 40.5 Å². The standard InChI is InChI=1S/C13H25NO5S/c1-9(2)7-11(13(16)17)14-12(15)5-6-20(18,19)8-10(3)4/h9-11H,5-8H2,1-4H3,(H,14,15)(H,16,17). The van der Waals surface area contributed by atoms with Crippen LogP contribution in [0.2, 0.25) is 0 Å². The fraction of sp³-hybridized carbons (Fsp3) is 0.846. The monoisotopic (exact) mass is 307 g/mol. The molecular formula is C13H25NO5S. The number of nitrogens with one attached hydrogen (secondary N) is 1. The number of carbonyl (C=O) groups is 2. The zero-order chi connectivity index (χ0) is 15.9. The Balaban J connectivity index is 4.37. The number of sulfone groups is 1. The number of carboxylic acid groups (broad SMARTS) is 1. The first-order valence-electron chi connectivity index (χ1n) is 6.76. The highest BCUT2D eigenvalue weighted by Gasteiger charge is 2.22.